The van der Waals surface area contributed by atoms with Crippen LogP contribution in [0.25, 0.3) is 0 Å². The molecule has 0 aliphatic heterocycles. The quantitative estimate of drug-likeness (QED) is 0.501. The third-order valence-corrected chi connectivity index (χ3v) is 7.21. The number of carbonyl (C=O) groups is 2. The smallest absolute Gasteiger partial charge is 0.304 e. The Labute approximate surface area is 205 Å². The van der Waals surface area contributed by atoms with Gasteiger partial charge in [0.25, 0.3) is 0 Å². The first-order chi connectivity index (χ1) is 16.0. The zero-order valence-corrected chi connectivity index (χ0v) is 21.2. The molecule has 8 nitrogen and oxygen atoms in total. The van der Waals surface area contributed by atoms with E-state index in [1.165, 1.54) is 31.1 Å². The number of rotatable bonds is 11. The zero-order chi connectivity index (χ0) is 25.5. The molecule has 0 aliphatic rings. The molecule has 0 spiro atoms. The first-order valence-electron chi connectivity index (χ1n) is 10.8. The highest BCUT2D eigenvalue weighted by Crippen LogP contribution is 2.22. The summed E-state index contributed by atoms with van der Waals surface area (Å²) in [5.41, 5.74) is 0.852. The molecule has 1 atom stereocenters. The Morgan fingerprint density at radius 3 is 2.12 bits per heavy atom. The Bertz CT molecular complexity index is 1080. The molecule has 186 valence electrons. The number of halogens is 2. The summed E-state index contributed by atoms with van der Waals surface area (Å²) in [7, 11) is -1.42. The average Bonchev–Trinajstić information content (AvgIpc) is 2.79. The number of amides is 2. The van der Waals surface area contributed by atoms with Crippen LogP contribution in [0.3, 0.4) is 0 Å². The Kier molecular flexibility index (Phi) is 9.84. The van der Waals surface area contributed by atoms with Gasteiger partial charge < -0.3 is 10.2 Å². The van der Waals surface area contributed by atoms with Gasteiger partial charge in [-0.3, -0.25) is 9.59 Å². The summed E-state index contributed by atoms with van der Waals surface area (Å²) >= 11 is 5.97. The van der Waals surface area contributed by atoms with Gasteiger partial charge in [-0.1, -0.05) is 30.7 Å². The predicted molar refractivity (Wildman–Crippen MR) is 131 cm³/mol. The fourth-order valence-electron chi connectivity index (χ4n) is 3.32. The molecule has 0 saturated heterocycles. The van der Waals surface area contributed by atoms with Crippen molar-refractivity contribution < 1.29 is 22.4 Å². The molecule has 34 heavy (non-hydrogen) atoms. The van der Waals surface area contributed by atoms with Crippen molar-refractivity contribution in [3.8, 4) is 0 Å². The average molecular weight is 513 g/mol. The topological polar surface area (TPSA) is 90.0 Å². The monoisotopic (exact) mass is 512 g/mol. The number of nitrogens with zero attached hydrogens (tertiary/aromatic N) is 3. The van der Waals surface area contributed by atoms with Crippen LogP contribution < -0.4 is 9.62 Å². The van der Waals surface area contributed by atoms with Crippen molar-refractivity contribution in [2.75, 3.05) is 31.5 Å². The lowest BCUT2D eigenvalue weighted by Crippen LogP contribution is -2.53. The maximum Gasteiger partial charge on any atom is 0.304 e. The highest BCUT2D eigenvalue weighted by Gasteiger charge is 2.33. The molecule has 1 unspecified atom stereocenters. The van der Waals surface area contributed by atoms with Gasteiger partial charge in [0.1, 0.15) is 18.4 Å². The van der Waals surface area contributed by atoms with E-state index in [0.29, 0.717) is 18.0 Å². The summed E-state index contributed by atoms with van der Waals surface area (Å²) in [5.74, 6) is -1.46. The molecule has 0 bridgehead atoms. The van der Waals surface area contributed by atoms with Crippen molar-refractivity contribution in [3.63, 3.8) is 0 Å². The molecular weight excluding hydrogens is 483 g/mol. The highest BCUT2D eigenvalue weighted by atomic mass is 35.5. The summed E-state index contributed by atoms with van der Waals surface area (Å²) in [6.45, 7) is 3.43. The Morgan fingerprint density at radius 2 is 1.62 bits per heavy atom. The van der Waals surface area contributed by atoms with E-state index in [4.69, 9.17) is 11.6 Å². The van der Waals surface area contributed by atoms with E-state index < -0.39 is 34.5 Å². The van der Waals surface area contributed by atoms with Gasteiger partial charge in [0.2, 0.25) is 11.8 Å². The van der Waals surface area contributed by atoms with Crippen LogP contribution >= 0.6 is 11.6 Å². The molecule has 0 heterocycles. The number of hydrogen-bond acceptors (Lipinski definition) is 4. The fourth-order valence-corrected chi connectivity index (χ4v) is 4.50. The lowest BCUT2D eigenvalue weighted by molar-refractivity contribution is -0.140. The zero-order valence-electron chi connectivity index (χ0n) is 19.7. The van der Waals surface area contributed by atoms with E-state index in [1.807, 2.05) is 0 Å². The second kappa shape index (κ2) is 12.1. The molecule has 11 heteroatoms. The van der Waals surface area contributed by atoms with Crippen LogP contribution in [0.15, 0.2) is 48.5 Å². The molecule has 0 saturated carbocycles. The number of benzene rings is 2. The van der Waals surface area contributed by atoms with Crippen LogP contribution in [0.2, 0.25) is 5.02 Å². The largest absolute Gasteiger partial charge is 0.355 e. The second-order valence-corrected chi connectivity index (χ2v) is 10.2. The molecule has 2 rings (SSSR count). The summed E-state index contributed by atoms with van der Waals surface area (Å²) in [6, 6.07) is 10.8. The molecule has 0 radical (unpaired) electrons. The van der Waals surface area contributed by atoms with Gasteiger partial charge in [-0.05, 0) is 55.3 Å². The molecule has 0 fully saturated rings. The lowest BCUT2D eigenvalue weighted by Gasteiger charge is -2.33. The van der Waals surface area contributed by atoms with Crippen LogP contribution in [0.1, 0.15) is 25.8 Å². The summed E-state index contributed by atoms with van der Waals surface area (Å²) < 4.78 is 41.4. The molecule has 2 aromatic carbocycles. The minimum Gasteiger partial charge on any atom is -0.355 e. The van der Waals surface area contributed by atoms with Crippen molar-refractivity contribution in [3.05, 3.63) is 64.9 Å². The molecule has 0 aromatic heterocycles. The molecule has 0 aliphatic carbocycles. The lowest BCUT2D eigenvalue weighted by atomic mass is 10.1. The number of anilines is 1. The van der Waals surface area contributed by atoms with Gasteiger partial charge >= 0.3 is 10.2 Å². The Morgan fingerprint density at radius 1 is 1.03 bits per heavy atom. The third kappa shape index (κ3) is 6.91. The van der Waals surface area contributed by atoms with E-state index in [2.05, 4.69) is 5.32 Å². The van der Waals surface area contributed by atoms with Crippen molar-refractivity contribution >= 4 is 39.3 Å². The first-order valence-corrected chi connectivity index (χ1v) is 12.6. The van der Waals surface area contributed by atoms with Gasteiger partial charge in [0.15, 0.2) is 0 Å². The summed E-state index contributed by atoms with van der Waals surface area (Å²) in [6.07, 6.45) is 0.322. The molecular formula is C23H30ClFN4O4S. The SMILES string of the molecule is CCNC(=O)C(CC)N(Cc1ccc(Cl)cc1)C(=O)CN(c1ccc(F)cc1)S(=O)(=O)N(C)C. The number of likely N-dealkylation sites (N-methyl/N-ethyl adjacent to an activating group) is 1. The Hall–Kier alpha value is -2.69. The minimum absolute atomic E-state index is 0.0743. The Balaban J connectivity index is 2.47. The van der Waals surface area contributed by atoms with Crippen LogP contribution in [-0.4, -0.2) is 62.7 Å². The van der Waals surface area contributed by atoms with E-state index in [1.54, 1.807) is 38.1 Å². The van der Waals surface area contributed by atoms with Crippen molar-refractivity contribution in [1.82, 2.24) is 14.5 Å². The van der Waals surface area contributed by atoms with Gasteiger partial charge in [-0.2, -0.15) is 12.7 Å². The van der Waals surface area contributed by atoms with Crippen molar-refractivity contribution in [1.29, 1.82) is 0 Å². The van der Waals surface area contributed by atoms with Gasteiger partial charge in [-0.25, -0.2) is 8.70 Å². The van der Waals surface area contributed by atoms with Crippen molar-refractivity contribution in [2.45, 2.75) is 32.9 Å². The molecule has 2 amide bonds. The van der Waals surface area contributed by atoms with Crippen LogP contribution in [0.5, 0.6) is 0 Å². The van der Waals surface area contributed by atoms with Gasteiger partial charge in [0.05, 0.1) is 5.69 Å². The second-order valence-electron chi connectivity index (χ2n) is 7.74. The molecule has 2 aromatic rings. The van der Waals surface area contributed by atoms with E-state index in [0.717, 1.165) is 26.3 Å². The van der Waals surface area contributed by atoms with Crippen LogP contribution in [-0.2, 0) is 26.3 Å². The standard InChI is InChI=1S/C23H30ClFN4O4S/c1-5-21(23(31)26-6-2)28(15-17-7-9-18(24)10-8-17)22(30)16-29(34(32,33)27(3)4)20-13-11-19(25)12-14-20/h7-14,21H,5-6,15-16H2,1-4H3,(H,26,31). The predicted octanol–water partition coefficient (Wildman–Crippen LogP) is 3.04. The van der Waals surface area contributed by atoms with E-state index in [9.17, 15) is 22.4 Å². The van der Waals surface area contributed by atoms with Crippen LogP contribution in [0, 0.1) is 5.82 Å². The van der Waals surface area contributed by atoms with Gasteiger partial charge in [-0.15, -0.1) is 0 Å². The summed E-state index contributed by atoms with van der Waals surface area (Å²) in [5, 5.41) is 3.26. The van der Waals surface area contributed by atoms with E-state index >= 15 is 0 Å². The van der Waals surface area contributed by atoms with Crippen molar-refractivity contribution in [2.24, 2.45) is 0 Å². The fraction of sp³-hybridized carbons (Fsp3) is 0.391. The first kappa shape index (κ1) is 27.6. The number of hydrogen-bond donors (Lipinski definition) is 1. The minimum atomic E-state index is -4.10. The molecule has 1 N–H and O–H groups in total. The maximum atomic E-state index is 13.6. The van der Waals surface area contributed by atoms with Crippen LogP contribution in [0.4, 0.5) is 10.1 Å². The van der Waals surface area contributed by atoms with E-state index in [-0.39, 0.29) is 18.1 Å². The maximum absolute atomic E-state index is 13.6. The summed E-state index contributed by atoms with van der Waals surface area (Å²) in [4.78, 5) is 27.7. The third-order valence-electron chi connectivity index (χ3n) is 5.14. The van der Waals surface area contributed by atoms with Gasteiger partial charge in [0, 0.05) is 32.2 Å². The normalized spacial score (nSPS) is 12.3. The number of nitrogens with one attached hydrogen (secondary N) is 1. The number of carbonyl (C=O) groups excluding carboxylic acids is 2. The highest BCUT2D eigenvalue weighted by molar-refractivity contribution is 7.90.